The summed E-state index contributed by atoms with van der Waals surface area (Å²) < 4.78 is 49.5. The van der Waals surface area contributed by atoms with E-state index in [1.54, 1.807) is 0 Å². The predicted molar refractivity (Wildman–Crippen MR) is 103 cm³/mol. The van der Waals surface area contributed by atoms with Crippen molar-refractivity contribution in [2.75, 3.05) is 24.9 Å². The van der Waals surface area contributed by atoms with Gasteiger partial charge < -0.3 is 24.8 Å². The number of carbonyl (C=O) groups is 3. The van der Waals surface area contributed by atoms with E-state index in [2.05, 4.69) is 24.8 Å². The average molecular weight is 438 g/mol. The van der Waals surface area contributed by atoms with Crippen LogP contribution < -0.4 is 15.4 Å². The fourth-order valence-corrected chi connectivity index (χ4v) is 2.27. The highest BCUT2D eigenvalue weighted by atomic mass is 19.4. The van der Waals surface area contributed by atoms with Gasteiger partial charge in [-0.3, -0.25) is 4.79 Å². The third-order valence-corrected chi connectivity index (χ3v) is 3.62. The lowest BCUT2D eigenvalue weighted by atomic mass is 10.1. The van der Waals surface area contributed by atoms with Gasteiger partial charge in [-0.1, -0.05) is 6.07 Å². The molecule has 1 amide bonds. The van der Waals surface area contributed by atoms with Crippen LogP contribution in [-0.2, 0) is 19.1 Å². The average Bonchev–Trinajstić information content (AvgIpc) is 2.73. The van der Waals surface area contributed by atoms with E-state index in [0.717, 1.165) is 32.4 Å². The first kappa shape index (κ1) is 23.3. The molecule has 0 spiro atoms. The van der Waals surface area contributed by atoms with Crippen molar-refractivity contribution in [2.45, 2.75) is 6.36 Å². The number of ether oxygens (including phenoxy) is 3. The van der Waals surface area contributed by atoms with E-state index in [-0.39, 0.29) is 16.9 Å². The first-order chi connectivity index (χ1) is 14.6. The maximum atomic E-state index is 12.4. The van der Waals surface area contributed by atoms with E-state index in [1.807, 2.05) is 0 Å². The molecule has 0 aliphatic carbocycles. The van der Waals surface area contributed by atoms with Gasteiger partial charge in [0.2, 0.25) is 0 Å². The van der Waals surface area contributed by atoms with Crippen molar-refractivity contribution in [3.05, 3.63) is 65.9 Å². The number of nitrogens with one attached hydrogen (secondary N) is 2. The smallest absolute Gasteiger partial charge is 0.466 e. The molecule has 2 N–H and O–H groups in total. The zero-order chi connectivity index (χ0) is 23.0. The summed E-state index contributed by atoms with van der Waals surface area (Å²) >= 11 is 0. The topological polar surface area (TPSA) is 103 Å². The summed E-state index contributed by atoms with van der Waals surface area (Å²) in [6, 6.07) is 10.5. The second-order valence-electron chi connectivity index (χ2n) is 5.80. The lowest BCUT2D eigenvalue weighted by molar-refractivity contribution is -0.274. The van der Waals surface area contributed by atoms with Gasteiger partial charge in [0.05, 0.1) is 20.3 Å². The van der Waals surface area contributed by atoms with E-state index >= 15 is 0 Å². The first-order valence-corrected chi connectivity index (χ1v) is 8.53. The van der Waals surface area contributed by atoms with Crippen LogP contribution in [-0.4, -0.2) is 38.4 Å². The second kappa shape index (κ2) is 10.1. The van der Waals surface area contributed by atoms with Gasteiger partial charge in [-0.05, 0) is 42.5 Å². The number of hydrogen-bond acceptors (Lipinski definition) is 7. The molecule has 0 heterocycles. The van der Waals surface area contributed by atoms with E-state index in [9.17, 15) is 27.6 Å². The fourth-order valence-electron chi connectivity index (χ4n) is 2.27. The number of benzene rings is 2. The number of alkyl halides is 3. The molecule has 0 aliphatic heterocycles. The van der Waals surface area contributed by atoms with E-state index < -0.39 is 30.0 Å². The third-order valence-electron chi connectivity index (χ3n) is 3.62. The van der Waals surface area contributed by atoms with Crippen molar-refractivity contribution in [1.82, 2.24) is 0 Å². The van der Waals surface area contributed by atoms with Gasteiger partial charge >= 0.3 is 18.3 Å². The van der Waals surface area contributed by atoms with Crippen LogP contribution in [0.4, 0.5) is 24.5 Å². The van der Waals surface area contributed by atoms with Gasteiger partial charge in [-0.2, -0.15) is 0 Å². The summed E-state index contributed by atoms with van der Waals surface area (Å²) in [5.41, 5.74) is 0.482. The molecule has 164 valence electrons. The summed E-state index contributed by atoms with van der Waals surface area (Å²) in [4.78, 5) is 35.7. The first-order valence-electron chi connectivity index (χ1n) is 8.53. The molecular weight excluding hydrogens is 421 g/mol. The molecule has 11 heteroatoms. The van der Waals surface area contributed by atoms with Gasteiger partial charge in [0.25, 0.3) is 5.91 Å². The number of esters is 2. The van der Waals surface area contributed by atoms with Crippen LogP contribution >= 0.6 is 0 Å². The van der Waals surface area contributed by atoms with Crippen molar-refractivity contribution in [1.29, 1.82) is 0 Å². The molecule has 0 unspecified atom stereocenters. The van der Waals surface area contributed by atoms with Crippen LogP contribution in [0, 0.1) is 0 Å². The van der Waals surface area contributed by atoms with Crippen LogP contribution in [0.3, 0.4) is 0 Å². The molecule has 0 radical (unpaired) electrons. The van der Waals surface area contributed by atoms with Crippen molar-refractivity contribution < 1.29 is 41.8 Å². The molecule has 0 aliphatic rings. The zero-order valence-electron chi connectivity index (χ0n) is 16.3. The quantitative estimate of drug-likeness (QED) is 0.504. The van der Waals surface area contributed by atoms with Gasteiger partial charge in [0.1, 0.15) is 11.4 Å². The highest BCUT2D eigenvalue weighted by molar-refractivity contribution is 6.05. The Hall–Kier alpha value is -4.02. The summed E-state index contributed by atoms with van der Waals surface area (Å²) in [7, 11) is 2.27. The number of hydrogen-bond donors (Lipinski definition) is 2. The molecule has 31 heavy (non-hydrogen) atoms. The fraction of sp³-hybridized carbons (Fsp3) is 0.150. The molecular formula is C20H17F3N2O6. The number of rotatable bonds is 7. The standard InChI is InChI=1S/C20H17F3N2O6/c1-29-17(26)11-16(19(28)30-2)24-14-5-3-4-12(10-14)18(27)25-13-6-8-15(9-7-13)31-20(21,22)23/h3-11,24H,1-2H3,(H,25,27)/b16-11+. The number of halogens is 3. The van der Waals surface area contributed by atoms with Crippen molar-refractivity contribution >= 4 is 29.2 Å². The summed E-state index contributed by atoms with van der Waals surface area (Å²) in [6.07, 6.45) is -3.92. The monoisotopic (exact) mass is 438 g/mol. The Bertz CT molecular complexity index is 987. The Balaban J connectivity index is 2.13. The molecule has 2 aromatic carbocycles. The number of carbonyl (C=O) groups excluding carboxylic acids is 3. The van der Waals surface area contributed by atoms with Gasteiger partial charge in [-0.25, -0.2) is 9.59 Å². The lowest BCUT2D eigenvalue weighted by Gasteiger charge is -2.11. The maximum Gasteiger partial charge on any atom is 0.573 e. The van der Waals surface area contributed by atoms with E-state index in [1.165, 1.54) is 36.4 Å². The van der Waals surface area contributed by atoms with Crippen LogP contribution in [0.25, 0.3) is 0 Å². The molecule has 0 aromatic heterocycles. The van der Waals surface area contributed by atoms with Crippen LogP contribution in [0.5, 0.6) is 5.75 Å². The lowest BCUT2D eigenvalue weighted by Crippen LogP contribution is -2.17. The molecule has 0 bridgehead atoms. The highest BCUT2D eigenvalue weighted by Gasteiger charge is 2.31. The number of methoxy groups -OCH3 is 2. The molecule has 2 aromatic rings. The minimum atomic E-state index is -4.82. The summed E-state index contributed by atoms with van der Waals surface area (Å²) in [6.45, 7) is 0. The normalized spacial score (nSPS) is 11.3. The second-order valence-corrected chi connectivity index (χ2v) is 5.80. The molecule has 8 nitrogen and oxygen atoms in total. The van der Waals surface area contributed by atoms with Crippen LogP contribution in [0.15, 0.2) is 60.3 Å². The van der Waals surface area contributed by atoms with E-state index in [4.69, 9.17) is 0 Å². The summed E-state index contributed by atoms with van der Waals surface area (Å²) in [5.74, 6) is -2.62. The van der Waals surface area contributed by atoms with Crippen molar-refractivity contribution in [3.8, 4) is 5.75 Å². The third kappa shape index (κ3) is 7.38. The summed E-state index contributed by atoms with van der Waals surface area (Å²) in [5, 5.41) is 5.19. The minimum Gasteiger partial charge on any atom is -0.466 e. The molecule has 0 fully saturated rings. The van der Waals surface area contributed by atoms with Crippen LogP contribution in [0.1, 0.15) is 10.4 Å². The number of anilines is 2. The maximum absolute atomic E-state index is 12.4. The van der Waals surface area contributed by atoms with Crippen molar-refractivity contribution in [3.63, 3.8) is 0 Å². The Kier molecular flexibility index (Phi) is 7.61. The Labute approximate surface area is 174 Å². The zero-order valence-corrected chi connectivity index (χ0v) is 16.3. The minimum absolute atomic E-state index is 0.169. The van der Waals surface area contributed by atoms with Gasteiger partial charge in [0, 0.05) is 16.9 Å². The largest absolute Gasteiger partial charge is 0.573 e. The Morgan fingerprint density at radius 2 is 1.58 bits per heavy atom. The molecule has 0 atom stereocenters. The molecule has 0 saturated heterocycles. The Morgan fingerprint density at radius 3 is 2.16 bits per heavy atom. The van der Waals surface area contributed by atoms with Crippen LogP contribution in [0.2, 0.25) is 0 Å². The van der Waals surface area contributed by atoms with Crippen molar-refractivity contribution in [2.24, 2.45) is 0 Å². The highest BCUT2D eigenvalue weighted by Crippen LogP contribution is 2.24. The Morgan fingerprint density at radius 1 is 0.903 bits per heavy atom. The molecule has 2 rings (SSSR count). The molecule has 0 saturated carbocycles. The van der Waals surface area contributed by atoms with Gasteiger partial charge in [0.15, 0.2) is 0 Å². The SMILES string of the molecule is COC(=O)/C=C(/Nc1cccc(C(=O)Nc2ccc(OC(F)(F)F)cc2)c1)C(=O)OC. The van der Waals surface area contributed by atoms with E-state index in [0.29, 0.717) is 5.69 Å². The predicted octanol–water partition coefficient (Wildman–Crippen LogP) is 3.48. The number of amides is 1. The van der Waals surface area contributed by atoms with Gasteiger partial charge in [-0.15, -0.1) is 13.2 Å².